The van der Waals surface area contributed by atoms with Crippen LogP contribution in [-0.4, -0.2) is 19.4 Å². The summed E-state index contributed by atoms with van der Waals surface area (Å²) < 4.78 is 26.5. The number of aromatic nitrogens is 1. The molecule has 1 aromatic rings. The third-order valence-corrected chi connectivity index (χ3v) is 4.13. The molecule has 16 heavy (non-hydrogen) atoms. The first-order valence-corrected chi connectivity index (χ1v) is 6.47. The van der Waals surface area contributed by atoms with E-state index in [1.807, 2.05) is 6.92 Å². The van der Waals surface area contributed by atoms with Gasteiger partial charge in [-0.15, -0.1) is 0 Å². The molecule has 0 amide bonds. The fraction of sp³-hybridized carbons (Fsp3) is 0.444. The van der Waals surface area contributed by atoms with Crippen LogP contribution in [0.5, 0.6) is 0 Å². The van der Waals surface area contributed by atoms with Gasteiger partial charge in [0, 0.05) is 12.2 Å². The van der Waals surface area contributed by atoms with E-state index >= 15 is 0 Å². The van der Waals surface area contributed by atoms with Crippen molar-refractivity contribution < 1.29 is 8.42 Å². The van der Waals surface area contributed by atoms with E-state index in [4.69, 9.17) is 5.84 Å². The summed E-state index contributed by atoms with van der Waals surface area (Å²) in [6.07, 6.45) is 2.36. The molecule has 0 radical (unpaired) electrons. The lowest BCUT2D eigenvalue weighted by atomic mass is 10.5. The number of rotatable bonds is 4. The Morgan fingerprint density at radius 1 is 1.56 bits per heavy atom. The average Bonchev–Trinajstić information content (AvgIpc) is 2.93. The van der Waals surface area contributed by atoms with Crippen molar-refractivity contribution in [1.29, 1.82) is 0 Å². The Balaban J connectivity index is 2.28. The number of nitrogens with zero attached hydrogens (tertiary/aromatic N) is 1. The van der Waals surface area contributed by atoms with Crippen molar-refractivity contribution in [2.75, 3.05) is 5.43 Å². The van der Waals surface area contributed by atoms with E-state index in [1.165, 1.54) is 12.3 Å². The zero-order chi connectivity index (χ0) is 11.8. The molecule has 1 aliphatic rings. The van der Waals surface area contributed by atoms with E-state index in [9.17, 15) is 8.42 Å². The second-order valence-electron chi connectivity index (χ2n) is 3.94. The van der Waals surface area contributed by atoms with Crippen molar-refractivity contribution in [3.05, 3.63) is 18.3 Å². The average molecular weight is 242 g/mol. The van der Waals surface area contributed by atoms with E-state index in [1.54, 1.807) is 6.07 Å². The first-order valence-electron chi connectivity index (χ1n) is 4.98. The van der Waals surface area contributed by atoms with Crippen LogP contribution in [0.3, 0.4) is 0 Å². The number of hydrazine groups is 1. The molecule has 2 atom stereocenters. The second kappa shape index (κ2) is 4.00. The predicted octanol–water partition coefficient (Wildman–Crippen LogP) is 0.0539. The van der Waals surface area contributed by atoms with Crippen LogP contribution in [0.2, 0.25) is 0 Å². The quantitative estimate of drug-likeness (QED) is 0.512. The predicted molar refractivity (Wildman–Crippen MR) is 59.9 cm³/mol. The van der Waals surface area contributed by atoms with Gasteiger partial charge < -0.3 is 5.43 Å². The third kappa shape index (κ3) is 2.16. The summed E-state index contributed by atoms with van der Waals surface area (Å²) in [4.78, 5) is 3.94. The maximum absolute atomic E-state index is 12.0. The van der Waals surface area contributed by atoms with Gasteiger partial charge in [0.1, 0.15) is 4.90 Å². The number of hydrogen-bond donors (Lipinski definition) is 3. The minimum absolute atomic E-state index is 0.0378. The summed E-state index contributed by atoms with van der Waals surface area (Å²) in [6, 6.07) is 3.07. The largest absolute Gasteiger partial charge is 0.307 e. The van der Waals surface area contributed by atoms with Crippen LogP contribution in [0.1, 0.15) is 13.3 Å². The van der Waals surface area contributed by atoms with Gasteiger partial charge in [-0.2, -0.15) is 0 Å². The summed E-state index contributed by atoms with van der Waals surface area (Å²) in [5.41, 5.74) is 2.28. The molecule has 0 aromatic carbocycles. The number of nitrogens with two attached hydrogens (primary N) is 1. The number of sulfonamides is 1. The van der Waals surface area contributed by atoms with E-state index in [0.29, 0.717) is 5.92 Å². The Morgan fingerprint density at radius 3 is 2.81 bits per heavy atom. The third-order valence-electron chi connectivity index (χ3n) is 2.61. The molecular formula is C9H14N4O2S. The Bertz CT molecular complexity index is 488. The van der Waals surface area contributed by atoms with Crippen LogP contribution in [0.4, 0.5) is 5.82 Å². The molecule has 0 saturated heterocycles. The molecule has 0 spiro atoms. The van der Waals surface area contributed by atoms with Crippen LogP contribution in [0.25, 0.3) is 0 Å². The zero-order valence-electron chi connectivity index (χ0n) is 8.84. The number of nitrogens with one attached hydrogen (secondary N) is 2. The Labute approximate surface area is 94.3 Å². The van der Waals surface area contributed by atoms with Gasteiger partial charge in [0.05, 0.1) is 0 Å². The van der Waals surface area contributed by atoms with Gasteiger partial charge >= 0.3 is 0 Å². The summed E-state index contributed by atoms with van der Waals surface area (Å²) in [5.74, 6) is 5.78. The SMILES string of the molecule is CC1CC1NS(=O)(=O)c1cccnc1NN. The molecule has 1 aliphatic carbocycles. The molecule has 1 heterocycles. The fourth-order valence-electron chi connectivity index (χ4n) is 1.46. The minimum atomic E-state index is -3.53. The lowest BCUT2D eigenvalue weighted by Gasteiger charge is -2.09. The van der Waals surface area contributed by atoms with Crippen molar-refractivity contribution in [3.63, 3.8) is 0 Å². The molecule has 4 N–H and O–H groups in total. The molecule has 1 saturated carbocycles. The van der Waals surface area contributed by atoms with Gasteiger partial charge in [0.15, 0.2) is 5.82 Å². The molecule has 1 fully saturated rings. The highest BCUT2D eigenvalue weighted by Gasteiger charge is 2.37. The second-order valence-corrected chi connectivity index (χ2v) is 5.62. The van der Waals surface area contributed by atoms with Crippen LogP contribution < -0.4 is 16.0 Å². The highest BCUT2D eigenvalue weighted by Crippen LogP contribution is 2.31. The molecule has 2 rings (SSSR count). The van der Waals surface area contributed by atoms with Crippen LogP contribution in [0, 0.1) is 5.92 Å². The van der Waals surface area contributed by atoms with Crippen molar-refractivity contribution in [2.45, 2.75) is 24.3 Å². The maximum atomic E-state index is 12.0. The number of nitrogen functional groups attached to an aromatic ring is 1. The fourth-order valence-corrected chi connectivity index (χ4v) is 2.94. The summed E-state index contributed by atoms with van der Waals surface area (Å²) in [5, 5.41) is 0. The number of pyridine rings is 1. The molecule has 2 unspecified atom stereocenters. The minimum Gasteiger partial charge on any atom is -0.307 e. The monoisotopic (exact) mass is 242 g/mol. The summed E-state index contributed by atoms with van der Waals surface area (Å²) in [7, 11) is -3.53. The molecular weight excluding hydrogens is 228 g/mol. The highest BCUT2D eigenvalue weighted by atomic mass is 32.2. The lowest BCUT2D eigenvalue weighted by molar-refractivity contribution is 0.578. The van der Waals surface area contributed by atoms with Crippen molar-refractivity contribution >= 4 is 15.8 Å². The normalized spacial score (nSPS) is 24.1. The Hall–Kier alpha value is -1.18. The number of hydrogen-bond acceptors (Lipinski definition) is 5. The first kappa shape index (κ1) is 11.3. The van der Waals surface area contributed by atoms with E-state index in [-0.39, 0.29) is 16.8 Å². The lowest BCUT2D eigenvalue weighted by Crippen LogP contribution is -2.28. The highest BCUT2D eigenvalue weighted by molar-refractivity contribution is 7.89. The maximum Gasteiger partial charge on any atom is 0.244 e. The Kier molecular flexibility index (Phi) is 2.83. The molecule has 88 valence electrons. The smallest absolute Gasteiger partial charge is 0.244 e. The molecule has 0 aliphatic heterocycles. The van der Waals surface area contributed by atoms with Gasteiger partial charge in [0.25, 0.3) is 0 Å². The number of anilines is 1. The topological polar surface area (TPSA) is 97.1 Å². The van der Waals surface area contributed by atoms with Gasteiger partial charge in [0.2, 0.25) is 10.0 Å². The van der Waals surface area contributed by atoms with Crippen molar-refractivity contribution in [3.8, 4) is 0 Å². The van der Waals surface area contributed by atoms with Crippen LogP contribution >= 0.6 is 0 Å². The summed E-state index contributed by atoms with van der Waals surface area (Å²) in [6.45, 7) is 2.00. The van der Waals surface area contributed by atoms with Gasteiger partial charge in [-0.05, 0) is 24.5 Å². The molecule has 0 bridgehead atoms. The van der Waals surface area contributed by atoms with Gasteiger partial charge in [-0.1, -0.05) is 6.92 Å². The zero-order valence-corrected chi connectivity index (χ0v) is 9.66. The van der Waals surface area contributed by atoms with E-state index < -0.39 is 10.0 Å². The van der Waals surface area contributed by atoms with E-state index in [2.05, 4.69) is 15.1 Å². The molecule has 7 heteroatoms. The first-order chi connectivity index (χ1) is 7.54. The molecule has 6 nitrogen and oxygen atoms in total. The van der Waals surface area contributed by atoms with Gasteiger partial charge in [-0.3, -0.25) is 0 Å². The van der Waals surface area contributed by atoms with Crippen molar-refractivity contribution in [1.82, 2.24) is 9.71 Å². The molecule has 1 aromatic heterocycles. The standard InChI is InChI=1S/C9H14N4O2S/c1-6-5-7(6)13-16(14,15)8-3-2-4-11-9(8)12-10/h2-4,6-7,13H,5,10H2,1H3,(H,11,12). The van der Waals surface area contributed by atoms with E-state index in [0.717, 1.165) is 6.42 Å². The van der Waals surface area contributed by atoms with Crippen molar-refractivity contribution in [2.24, 2.45) is 11.8 Å². The Morgan fingerprint density at radius 2 is 2.25 bits per heavy atom. The summed E-state index contributed by atoms with van der Waals surface area (Å²) >= 11 is 0. The van der Waals surface area contributed by atoms with Crippen LogP contribution in [-0.2, 0) is 10.0 Å². The van der Waals surface area contributed by atoms with Crippen LogP contribution in [0.15, 0.2) is 23.2 Å². The van der Waals surface area contributed by atoms with Gasteiger partial charge in [-0.25, -0.2) is 24.0 Å².